The van der Waals surface area contributed by atoms with Gasteiger partial charge < -0.3 is 24.8 Å². The highest BCUT2D eigenvalue weighted by atomic mass is 16.7. The zero-order valence-electron chi connectivity index (χ0n) is 18.3. The maximum atomic E-state index is 12.4. The smallest absolute Gasteiger partial charge is 0.494 e. The molecule has 0 bridgehead atoms. The lowest BCUT2D eigenvalue weighted by atomic mass is 10.2. The van der Waals surface area contributed by atoms with Gasteiger partial charge in [-0.25, -0.2) is 4.79 Å². The van der Waals surface area contributed by atoms with Gasteiger partial charge in [0.25, 0.3) is 11.8 Å². The number of hydrogen-bond donors (Lipinski definition) is 2. The number of hydrogen-bond acceptors (Lipinski definition) is 6. The molecule has 0 unspecified atom stereocenters. The highest BCUT2D eigenvalue weighted by Crippen LogP contribution is 2.18. The molecule has 2 N–H and O–H groups in total. The van der Waals surface area contributed by atoms with Crippen LogP contribution in [0.15, 0.2) is 72.8 Å². The number of benzene rings is 3. The summed E-state index contributed by atoms with van der Waals surface area (Å²) in [5.41, 5.74) is 2.04. The third kappa shape index (κ3) is 6.83. The summed E-state index contributed by atoms with van der Waals surface area (Å²) in [6.45, 7) is 4.34. The predicted molar refractivity (Wildman–Crippen MR) is 124 cm³/mol. The zero-order chi connectivity index (χ0) is 23.6. The Balaban J connectivity index is 1.54. The Morgan fingerprint density at radius 1 is 0.636 bits per heavy atom. The minimum atomic E-state index is -0.801. The molecule has 0 aliphatic carbocycles. The molecule has 33 heavy (non-hydrogen) atoms. The van der Waals surface area contributed by atoms with Gasteiger partial charge in [-0.05, 0) is 86.6 Å². The fraction of sp³-hybridized carbons (Fsp3) is 0.160. The molecule has 8 nitrogen and oxygen atoms in total. The molecule has 0 heterocycles. The van der Waals surface area contributed by atoms with Crippen LogP contribution in [0.1, 0.15) is 34.6 Å². The third-order valence-electron chi connectivity index (χ3n) is 4.41. The first-order valence-electron chi connectivity index (χ1n) is 10.4. The normalized spacial score (nSPS) is 10.1. The van der Waals surface area contributed by atoms with E-state index in [1.165, 1.54) is 24.3 Å². The van der Waals surface area contributed by atoms with Crippen LogP contribution in [-0.4, -0.2) is 31.2 Å². The standard InChI is InChI=1S/C25H24N2O6/c1-3-31-21-13-5-17(6-14-21)23(28)26-19-9-11-20(12-10-19)27-24(29)18-7-15-22(16-8-18)33-25(30)32-4-2/h5-16H,3-4H2,1-2H3,(H,26,28)(H,27,29). The van der Waals surface area contributed by atoms with Crippen molar-refractivity contribution in [3.05, 3.63) is 83.9 Å². The molecule has 0 aromatic heterocycles. The van der Waals surface area contributed by atoms with E-state index in [0.717, 1.165) is 0 Å². The van der Waals surface area contributed by atoms with Crippen LogP contribution in [0.5, 0.6) is 11.5 Å². The summed E-state index contributed by atoms with van der Waals surface area (Å²) >= 11 is 0. The molecule has 3 rings (SSSR count). The molecule has 0 fully saturated rings. The van der Waals surface area contributed by atoms with E-state index in [4.69, 9.17) is 14.2 Å². The Kier molecular flexibility index (Phi) is 8.02. The van der Waals surface area contributed by atoms with E-state index in [1.54, 1.807) is 55.5 Å². The maximum Gasteiger partial charge on any atom is 0.513 e. The third-order valence-corrected chi connectivity index (χ3v) is 4.41. The Bertz CT molecular complexity index is 1090. The van der Waals surface area contributed by atoms with Gasteiger partial charge in [0.1, 0.15) is 11.5 Å². The van der Waals surface area contributed by atoms with E-state index >= 15 is 0 Å². The van der Waals surface area contributed by atoms with E-state index in [-0.39, 0.29) is 24.2 Å². The van der Waals surface area contributed by atoms with E-state index in [2.05, 4.69) is 10.6 Å². The number of nitrogens with one attached hydrogen (secondary N) is 2. The molecule has 0 aliphatic rings. The predicted octanol–water partition coefficient (Wildman–Crippen LogP) is 5.13. The summed E-state index contributed by atoms with van der Waals surface area (Å²) in [6.07, 6.45) is -0.801. The SMILES string of the molecule is CCOC(=O)Oc1ccc(C(=O)Nc2ccc(NC(=O)c3ccc(OCC)cc3)cc2)cc1. The van der Waals surface area contributed by atoms with Gasteiger partial charge in [0.15, 0.2) is 0 Å². The van der Waals surface area contributed by atoms with Gasteiger partial charge in [-0.15, -0.1) is 0 Å². The van der Waals surface area contributed by atoms with Gasteiger partial charge in [-0.3, -0.25) is 9.59 Å². The van der Waals surface area contributed by atoms with Crippen molar-refractivity contribution in [3.8, 4) is 11.5 Å². The monoisotopic (exact) mass is 448 g/mol. The van der Waals surface area contributed by atoms with Gasteiger partial charge >= 0.3 is 6.16 Å². The van der Waals surface area contributed by atoms with Crippen molar-refractivity contribution in [1.29, 1.82) is 0 Å². The van der Waals surface area contributed by atoms with Crippen molar-refractivity contribution in [2.24, 2.45) is 0 Å². The fourth-order valence-corrected chi connectivity index (χ4v) is 2.83. The molecule has 3 aromatic rings. The highest BCUT2D eigenvalue weighted by molar-refractivity contribution is 6.05. The van der Waals surface area contributed by atoms with Crippen LogP contribution in [0.25, 0.3) is 0 Å². The second kappa shape index (κ2) is 11.3. The summed E-state index contributed by atoms with van der Waals surface area (Å²) in [5, 5.41) is 5.58. The molecule has 170 valence electrons. The summed E-state index contributed by atoms with van der Waals surface area (Å²) in [6, 6.07) is 19.7. The average molecular weight is 448 g/mol. The minimum absolute atomic E-state index is 0.212. The molecule has 0 aliphatic heterocycles. The van der Waals surface area contributed by atoms with E-state index in [1.807, 2.05) is 6.92 Å². The summed E-state index contributed by atoms with van der Waals surface area (Å²) in [5.74, 6) is 0.400. The van der Waals surface area contributed by atoms with Gasteiger partial charge in [-0.1, -0.05) is 0 Å². The van der Waals surface area contributed by atoms with E-state index < -0.39 is 6.16 Å². The Morgan fingerprint density at radius 2 is 1.09 bits per heavy atom. The first-order chi connectivity index (χ1) is 16.0. The number of amides is 2. The van der Waals surface area contributed by atoms with E-state index in [9.17, 15) is 14.4 Å². The van der Waals surface area contributed by atoms with Gasteiger partial charge in [0, 0.05) is 22.5 Å². The quantitative estimate of drug-likeness (QED) is 0.366. The van der Waals surface area contributed by atoms with Crippen LogP contribution in [-0.2, 0) is 4.74 Å². The van der Waals surface area contributed by atoms with Crippen molar-refractivity contribution in [1.82, 2.24) is 0 Å². The number of rotatable bonds is 8. The number of anilines is 2. The van der Waals surface area contributed by atoms with Crippen LogP contribution in [0.2, 0.25) is 0 Å². The van der Waals surface area contributed by atoms with Crippen LogP contribution in [0.4, 0.5) is 16.2 Å². The lowest BCUT2D eigenvalue weighted by molar-refractivity contribution is 0.101. The van der Waals surface area contributed by atoms with Crippen molar-refractivity contribution in [2.75, 3.05) is 23.8 Å². The Morgan fingerprint density at radius 3 is 1.52 bits per heavy atom. The van der Waals surface area contributed by atoms with Gasteiger partial charge in [0.05, 0.1) is 13.2 Å². The van der Waals surface area contributed by atoms with Crippen LogP contribution >= 0.6 is 0 Å². The first-order valence-corrected chi connectivity index (χ1v) is 10.4. The zero-order valence-corrected chi connectivity index (χ0v) is 18.3. The molecule has 0 radical (unpaired) electrons. The lowest BCUT2D eigenvalue weighted by Crippen LogP contribution is -2.13. The average Bonchev–Trinajstić information content (AvgIpc) is 2.81. The number of carbonyl (C=O) groups is 3. The maximum absolute atomic E-state index is 12.4. The summed E-state index contributed by atoms with van der Waals surface area (Å²) in [4.78, 5) is 36.2. The van der Waals surface area contributed by atoms with Crippen molar-refractivity contribution in [3.63, 3.8) is 0 Å². The minimum Gasteiger partial charge on any atom is -0.494 e. The van der Waals surface area contributed by atoms with Crippen molar-refractivity contribution in [2.45, 2.75) is 13.8 Å². The molecule has 0 saturated heterocycles. The lowest BCUT2D eigenvalue weighted by Gasteiger charge is -2.09. The molecule has 8 heteroatoms. The van der Waals surface area contributed by atoms with Crippen molar-refractivity contribution >= 4 is 29.3 Å². The Labute approximate surface area is 191 Å². The molecular formula is C25H24N2O6. The molecular weight excluding hydrogens is 424 g/mol. The van der Waals surface area contributed by atoms with Gasteiger partial charge in [0.2, 0.25) is 0 Å². The first kappa shape index (κ1) is 23.3. The number of carbonyl (C=O) groups excluding carboxylic acids is 3. The van der Waals surface area contributed by atoms with Crippen LogP contribution in [0.3, 0.4) is 0 Å². The summed E-state index contributed by atoms with van der Waals surface area (Å²) < 4.78 is 15.0. The second-order valence-electron chi connectivity index (χ2n) is 6.75. The molecule has 0 saturated carbocycles. The topological polar surface area (TPSA) is 103 Å². The van der Waals surface area contributed by atoms with Crippen LogP contribution < -0.4 is 20.1 Å². The second-order valence-corrected chi connectivity index (χ2v) is 6.75. The Hall–Kier alpha value is -4.33. The molecule has 2 amide bonds. The largest absolute Gasteiger partial charge is 0.513 e. The summed E-state index contributed by atoms with van der Waals surface area (Å²) in [7, 11) is 0. The number of ether oxygens (including phenoxy) is 3. The van der Waals surface area contributed by atoms with Gasteiger partial charge in [-0.2, -0.15) is 0 Å². The fourth-order valence-electron chi connectivity index (χ4n) is 2.83. The molecule has 0 spiro atoms. The highest BCUT2D eigenvalue weighted by Gasteiger charge is 2.10. The van der Waals surface area contributed by atoms with E-state index in [0.29, 0.717) is 34.9 Å². The molecule has 3 aromatic carbocycles. The molecule has 0 atom stereocenters. The van der Waals surface area contributed by atoms with Crippen molar-refractivity contribution < 1.29 is 28.6 Å². The van der Waals surface area contributed by atoms with Crippen LogP contribution in [0, 0.1) is 0 Å².